The summed E-state index contributed by atoms with van der Waals surface area (Å²) >= 11 is 0. The van der Waals surface area contributed by atoms with Gasteiger partial charge >= 0.3 is 0 Å². The van der Waals surface area contributed by atoms with Crippen LogP contribution in [0.5, 0.6) is 5.75 Å². The van der Waals surface area contributed by atoms with E-state index < -0.39 is 0 Å². The highest BCUT2D eigenvalue weighted by molar-refractivity contribution is 5.83. The van der Waals surface area contributed by atoms with Crippen molar-refractivity contribution in [3.8, 4) is 5.75 Å². The lowest BCUT2D eigenvalue weighted by Gasteiger charge is -2.35. The third kappa shape index (κ3) is 5.47. The highest BCUT2D eigenvalue weighted by atomic mass is 16.7. The van der Waals surface area contributed by atoms with Crippen LogP contribution in [0.25, 0.3) is 0 Å². The molecule has 7 nitrogen and oxygen atoms in total. The lowest BCUT2D eigenvalue weighted by molar-refractivity contribution is -0.141. The summed E-state index contributed by atoms with van der Waals surface area (Å²) in [6, 6.07) is 17.7. The number of rotatable bonds is 9. The number of methoxy groups -OCH3 is 1. The van der Waals surface area contributed by atoms with Crippen molar-refractivity contribution in [1.82, 2.24) is 9.80 Å². The van der Waals surface area contributed by atoms with Crippen LogP contribution < -0.4 is 4.74 Å². The van der Waals surface area contributed by atoms with Crippen molar-refractivity contribution >= 4 is 11.8 Å². The standard InChI is InChI=1S/C25H30N2O5/c1-30-18-31-16-20-9-5-6-10-23(20)32-17-24(28)26-11-13-27(14-12-26)25(29)22-15-21(22)19-7-3-2-4-8-19/h2-10,21-22H,11-18H2,1H3/t21-,22+/m0/s1. The second kappa shape index (κ2) is 10.6. The van der Waals surface area contributed by atoms with Gasteiger partial charge in [-0.2, -0.15) is 0 Å². The molecular weight excluding hydrogens is 408 g/mol. The molecule has 0 radical (unpaired) electrons. The summed E-state index contributed by atoms with van der Waals surface area (Å²) in [5, 5.41) is 0. The molecule has 2 atom stereocenters. The zero-order valence-corrected chi connectivity index (χ0v) is 18.4. The molecule has 0 spiro atoms. The Hall–Kier alpha value is -2.90. The minimum Gasteiger partial charge on any atom is -0.483 e. The molecule has 2 amide bonds. The summed E-state index contributed by atoms with van der Waals surface area (Å²) in [5.74, 6) is 1.20. The Morgan fingerprint density at radius 2 is 1.62 bits per heavy atom. The molecule has 0 unspecified atom stereocenters. The zero-order chi connectivity index (χ0) is 22.3. The number of nitrogens with zero attached hydrogens (tertiary/aromatic N) is 2. The molecule has 1 saturated carbocycles. The quantitative estimate of drug-likeness (QED) is 0.445. The molecule has 2 aromatic rings. The fourth-order valence-corrected chi connectivity index (χ4v) is 4.18. The minimum absolute atomic E-state index is 0.0338. The molecule has 1 saturated heterocycles. The summed E-state index contributed by atoms with van der Waals surface area (Å²) in [4.78, 5) is 29.2. The van der Waals surface area contributed by atoms with E-state index in [9.17, 15) is 9.59 Å². The van der Waals surface area contributed by atoms with Crippen LogP contribution in [0.1, 0.15) is 23.5 Å². The lowest BCUT2D eigenvalue weighted by Crippen LogP contribution is -2.52. The molecule has 1 heterocycles. The van der Waals surface area contributed by atoms with E-state index in [0.29, 0.717) is 44.5 Å². The molecule has 170 valence electrons. The van der Waals surface area contributed by atoms with Crippen LogP contribution in [0, 0.1) is 5.92 Å². The first-order valence-corrected chi connectivity index (χ1v) is 11.1. The number of hydrogen-bond acceptors (Lipinski definition) is 5. The van der Waals surface area contributed by atoms with Gasteiger partial charge in [0, 0.05) is 44.8 Å². The molecule has 0 bridgehead atoms. The number of carbonyl (C=O) groups is 2. The monoisotopic (exact) mass is 438 g/mol. The molecule has 1 aliphatic heterocycles. The topological polar surface area (TPSA) is 68.3 Å². The first kappa shape index (κ1) is 22.3. The van der Waals surface area contributed by atoms with Gasteiger partial charge in [-0.3, -0.25) is 9.59 Å². The van der Waals surface area contributed by atoms with Crippen molar-refractivity contribution in [1.29, 1.82) is 0 Å². The predicted octanol–water partition coefficient (Wildman–Crippen LogP) is 2.66. The number of piperazine rings is 1. The first-order valence-electron chi connectivity index (χ1n) is 11.1. The SMILES string of the molecule is COCOCc1ccccc1OCC(=O)N1CCN(C(=O)[C@@H]2C[C@H]2c2ccccc2)CC1. The maximum Gasteiger partial charge on any atom is 0.260 e. The van der Waals surface area contributed by atoms with E-state index in [-0.39, 0.29) is 31.1 Å². The first-order chi connectivity index (χ1) is 15.7. The Labute approximate surface area is 188 Å². The number of ether oxygens (including phenoxy) is 3. The molecule has 7 heteroatoms. The molecule has 0 N–H and O–H groups in total. The largest absolute Gasteiger partial charge is 0.483 e. The van der Waals surface area contributed by atoms with Crippen LogP contribution in [0.2, 0.25) is 0 Å². The predicted molar refractivity (Wildman–Crippen MR) is 119 cm³/mol. The summed E-state index contributed by atoms with van der Waals surface area (Å²) < 4.78 is 16.1. The second-order valence-corrected chi connectivity index (χ2v) is 8.22. The van der Waals surface area contributed by atoms with E-state index in [1.807, 2.05) is 47.4 Å². The van der Waals surface area contributed by atoms with E-state index in [2.05, 4.69) is 12.1 Å². The minimum atomic E-state index is -0.0710. The molecular formula is C25H30N2O5. The highest BCUT2D eigenvalue weighted by Gasteiger charge is 2.46. The summed E-state index contributed by atoms with van der Waals surface area (Å²) in [7, 11) is 1.57. The lowest BCUT2D eigenvalue weighted by atomic mass is 10.1. The molecule has 32 heavy (non-hydrogen) atoms. The van der Waals surface area contributed by atoms with Crippen molar-refractivity contribution < 1.29 is 23.8 Å². The van der Waals surface area contributed by atoms with Crippen molar-refractivity contribution in [3.05, 3.63) is 65.7 Å². The van der Waals surface area contributed by atoms with Crippen LogP contribution in [0.3, 0.4) is 0 Å². The van der Waals surface area contributed by atoms with Gasteiger partial charge in [0.1, 0.15) is 12.5 Å². The molecule has 0 aromatic heterocycles. The highest BCUT2D eigenvalue weighted by Crippen LogP contribution is 2.48. The Bertz CT molecular complexity index is 912. The Balaban J connectivity index is 1.22. The third-order valence-corrected chi connectivity index (χ3v) is 6.06. The fraction of sp³-hybridized carbons (Fsp3) is 0.440. The summed E-state index contributed by atoms with van der Waals surface area (Å²) in [5.41, 5.74) is 2.11. The normalized spacial score (nSPS) is 20.2. The van der Waals surface area contributed by atoms with Crippen LogP contribution in [-0.4, -0.2) is 68.3 Å². The van der Waals surface area contributed by atoms with Gasteiger partial charge in [-0.15, -0.1) is 0 Å². The van der Waals surface area contributed by atoms with Crippen LogP contribution in [-0.2, 0) is 25.7 Å². The number of para-hydroxylation sites is 1. The molecule has 2 fully saturated rings. The van der Waals surface area contributed by atoms with E-state index >= 15 is 0 Å². The van der Waals surface area contributed by atoms with Gasteiger partial charge in [0.05, 0.1) is 6.61 Å². The van der Waals surface area contributed by atoms with E-state index in [1.165, 1.54) is 5.56 Å². The van der Waals surface area contributed by atoms with Gasteiger partial charge in [-0.05, 0) is 24.0 Å². The average Bonchev–Trinajstić information content (AvgIpc) is 3.65. The number of amides is 2. The van der Waals surface area contributed by atoms with Gasteiger partial charge in [0.15, 0.2) is 6.61 Å². The van der Waals surface area contributed by atoms with Gasteiger partial charge in [-0.1, -0.05) is 48.5 Å². The van der Waals surface area contributed by atoms with Crippen molar-refractivity contribution in [2.24, 2.45) is 5.92 Å². The van der Waals surface area contributed by atoms with Gasteiger partial charge in [0.2, 0.25) is 5.91 Å². The maximum atomic E-state index is 12.9. The number of benzene rings is 2. The van der Waals surface area contributed by atoms with Crippen LogP contribution in [0.4, 0.5) is 0 Å². The smallest absolute Gasteiger partial charge is 0.260 e. The van der Waals surface area contributed by atoms with Crippen molar-refractivity contribution in [3.63, 3.8) is 0 Å². The zero-order valence-electron chi connectivity index (χ0n) is 18.4. The Kier molecular flexibility index (Phi) is 7.39. The second-order valence-electron chi connectivity index (χ2n) is 8.22. The maximum absolute atomic E-state index is 12.9. The van der Waals surface area contributed by atoms with Gasteiger partial charge in [0.25, 0.3) is 5.91 Å². The van der Waals surface area contributed by atoms with E-state index in [1.54, 1.807) is 12.0 Å². The van der Waals surface area contributed by atoms with Crippen LogP contribution >= 0.6 is 0 Å². The molecule has 1 aliphatic carbocycles. The average molecular weight is 439 g/mol. The molecule has 4 rings (SSSR count). The van der Waals surface area contributed by atoms with Crippen molar-refractivity contribution in [2.75, 3.05) is 46.7 Å². The van der Waals surface area contributed by atoms with Gasteiger partial charge < -0.3 is 24.0 Å². The molecule has 2 aliphatic rings. The third-order valence-electron chi connectivity index (χ3n) is 6.06. The van der Waals surface area contributed by atoms with E-state index in [4.69, 9.17) is 14.2 Å². The summed E-state index contributed by atoms with van der Waals surface area (Å²) in [6.07, 6.45) is 0.920. The fourth-order valence-electron chi connectivity index (χ4n) is 4.18. The number of carbonyl (C=O) groups excluding carboxylic acids is 2. The van der Waals surface area contributed by atoms with Crippen LogP contribution in [0.15, 0.2) is 54.6 Å². The van der Waals surface area contributed by atoms with Crippen molar-refractivity contribution in [2.45, 2.75) is 18.9 Å². The number of hydrogen-bond donors (Lipinski definition) is 0. The summed E-state index contributed by atoms with van der Waals surface area (Å²) in [6.45, 7) is 2.74. The Morgan fingerprint density at radius 3 is 2.38 bits per heavy atom. The molecule has 2 aromatic carbocycles. The Morgan fingerprint density at radius 1 is 0.938 bits per heavy atom. The van der Waals surface area contributed by atoms with Gasteiger partial charge in [-0.25, -0.2) is 0 Å². The van der Waals surface area contributed by atoms with E-state index in [0.717, 1.165) is 12.0 Å².